The lowest BCUT2D eigenvalue weighted by atomic mass is 10.4. The molecule has 1 saturated carbocycles. The molecule has 1 fully saturated rings. The van der Waals surface area contributed by atoms with Crippen LogP contribution in [0.25, 0.3) is 0 Å². The zero-order chi connectivity index (χ0) is 11.0. The highest BCUT2D eigenvalue weighted by Crippen LogP contribution is 2.38. The average Bonchev–Trinajstić information content (AvgIpc) is 2.88. The summed E-state index contributed by atoms with van der Waals surface area (Å²) in [5, 5.41) is 13.0. The SMILES string of the molecule is OCc1nccn1Cc1noc(C2CC2)n1. The van der Waals surface area contributed by atoms with Crippen LogP contribution in [-0.4, -0.2) is 24.8 Å². The summed E-state index contributed by atoms with van der Waals surface area (Å²) >= 11 is 0. The fraction of sp³-hybridized carbons (Fsp3) is 0.500. The minimum Gasteiger partial charge on any atom is -0.388 e. The Morgan fingerprint density at radius 3 is 3.12 bits per heavy atom. The number of aromatic nitrogens is 4. The molecule has 0 unspecified atom stereocenters. The summed E-state index contributed by atoms with van der Waals surface area (Å²) in [5.74, 6) is 2.45. The molecule has 0 saturated heterocycles. The van der Waals surface area contributed by atoms with Gasteiger partial charge in [-0.15, -0.1) is 0 Å². The summed E-state index contributed by atoms with van der Waals surface area (Å²) in [6.45, 7) is 0.409. The van der Waals surface area contributed by atoms with Crippen molar-refractivity contribution in [2.75, 3.05) is 0 Å². The van der Waals surface area contributed by atoms with E-state index in [4.69, 9.17) is 9.63 Å². The van der Waals surface area contributed by atoms with E-state index in [1.54, 1.807) is 12.4 Å². The first-order valence-electron chi connectivity index (χ1n) is 5.30. The van der Waals surface area contributed by atoms with E-state index in [0.29, 0.717) is 24.1 Å². The third-order valence-corrected chi connectivity index (χ3v) is 2.67. The van der Waals surface area contributed by atoms with Crippen LogP contribution in [0.3, 0.4) is 0 Å². The Balaban J connectivity index is 1.77. The van der Waals surface area contributed by atoms with Crippen molar-refractivity contribution in [1.29, 1.82) is 0 Å². The molecule has 0 bridgehead atoms. The van der Waals surface area contributed by atoms with Crippen molar-refractivity contribution in [2.24, 2.45) is 0 Å². The van der Waals surface area contributed by atoms with Gasteiger partial charge in [0.2, 0.25) is 5.89 Å². The van der Waals surface area contributed by atoms with Gasteiger partial charge in [-0.2, -0.15) is 4.98 Å². The molecule has 1 N–H and O–H groups in total. The molecule has 0 atom stereocenters. The Bertz CT molecular complexity index is 486. The van der Waals surface area contributed by atoms with E-state index in [1.165, 1.54) is 0 Å². The second kappa shape index (κ2) is 3.71. The minimum absolute atomic E-state index is 0.0830. The second-order valence-electron chi connectivity index (χ2n) is 3.95. The molecule has 3 rings (SSSR count). The van der Waals surface area contributed by atoms with Gasteiger partial charge in [-0.05, 0) is 12.8 Å². The maximum absolute atomic E-state index is 9.04. The summed E-state index contributed by atoms with van der Waals surface area (Å²) in [7, 11) is 0. The molecule has 1 aliphatic carbocycles. The Kier molecular flexibility index (Phi) is 2.21. The van der Waals surface area contributed by atoms with Crippen LogP contribution in [-0.2, 0) is 13.2 Å². The lowest BCUT2D eigenvalue weighted by Gasteiger charge is -2.00. The van der Waals surface area contributed by atoms with E-state index < -0.39 is 0 Å². The van der Waals surface area contributed by atoms with Crippen LogP contribution in [0.1, 0.15) is 36.3 Å². The van der Waals surface area contributed by atoms with Crippen molar-refractivity contribution in [2.45, 2.75) is 31.9 Å². The molecule has 2 aromatic heterocycles. The van der Waals surface area contributed by atoms with Gasteiger partial charge in [0.05, 0.1) is 6.54 Å². The number of hydrogen-bond acceptors (Lipinski definition) is 5. The van der Waals surface area contributed by atoms with Gasteiger partial charge in [0.1, 0.15) is 12.4 Å². The molecular formula is C10H12N4O2. The summed E-state index contributed by atoms with van der Waals surface area (Å²) in [6, 6.07) is 0. The molecule has 2 heterocycles. The number of nitrogens with zero attached hydrogens (tertiary/aromatic N) is 4. The van der Waals surface area contributed by atoms with E-state index in [0.717, 1.165) is 18.7 Å². The Morgan fingerprint density at radius 1 is 1.50 bits per heavy atom. The maximum atomic E-state index is 9.04. The van der Waals surface area contributed by atoms with Gasteiger partial charge < -0.3 is 14.2 Å². The van der Waals surface area contributed by atoms with Gasteiger partial charge in [-0.3, -0.25) is 0 Å². The summed E-state index contributed by atoms with van der Waals surface area (Å²) in [5.41, 5.74) is 0. The molecule has 0 amide bonds. The standard InChI is InChI=1S/C10H12N4O2/c15-6-9-11-3-4-14(9)5-8-12-10(16-13-8)7-1-2-7/h3-4,7,15H,1-2,5-6H2. The molecule has 16 heavy (non-hydrogen) atoms. The molecule has 0 spiro atoms. The van der Waals surface area contributed by atoms with E-state index in [1.807, 2.05) is 4.57 Å². The molecule has 6 heteroatoms. The molecule has 0 aliphatic heterocycles. The Hall–Kier alpha value is -1.69. The lowest BCUT2D eigenvalue weighted by molar-refractivity contribution is 0.265. The average molecular weight is 220 g/mol. The maximum Gasteiger partial charge on any atom is 0.229 e. The third-order valence-electron chi connectivity index (χ3n) is 2.67. The van der Waals surface area contributed by atoms with E-state index >= 15 is 0 Å². The largest absolute Gasteiger partial charge is 0.388 e. The quantitative estimate of drug-likeness (QED) is 0.820. The fourth-order valence-corrected chi connectivity index (χ4v) is 1.62. The molecule has 0 radical (unpaired) electrons. The predicted molar refractivity (Wildman–Crippen MR) is 53.5 cm³/mol. The van der Waals surface area contributed by atoms with Crippen LogP contribution < -0.4 is 0 Å². The molecule has 6 nitrogen and oxygen atoms in total. The molecule has 84 valence electrons. The van der Waals surface area contributed by atoms with Crippen molar-refractivity contribution < 1.29 is 9.63 Å². The predicted octanol–water partition coefficient (Wildman–Crippen LogP) is 0.684. The van der Waals surface area contributed by atoms with Crippen molar-refractivity contribution in [3.63, 3.8) is 0 Å². The van der Waals surface area contributed by atoms with Crippen molar-refractivity contribution in [1.82, 2.24) is 19.7 Å². The topological polar surface area (TPSA) is 77.0 Å². The van der Waals surface area contributed by atoms with Crippen LogP contribution in [0.2, 0.25) is 0 Å². The summed E-state index contributed by atoms with van der Waals surface area (Å²) < 4.78 is 6.96. The Morgan fingerprint density at radius 2 is 2.38 bits per heavy atom. The van der Waals surface area contributed by atoms with Crippen LogP contribution >= 0.6 is 0 Å². The number of hydrogen-bond donors (Lipinski definition) is 1. The third kappa shape index (κ3) is 1.71. The van der Waals surface area contributed by atoms with E-state index in [9.17, 15) is 0 Å². The van der Waals surface area contributed by atoms with Gasteiger partial charge in [0.25, 0.3) is 0 Å². The summed E-state index contributed by atoms with van der Waals surface area (Å²) in [4.78, 5) is 8.33. The number of imidazole rings is 1. The van der Waals surface area contributed by atoms with E-state index in [-0.39, 0.29) is 6.61 Å². The number of aliphatic hydroxyl groups is 1. The zero-order valence-electron chi connectivity index (χ0n) is 8.70. The van der Waals surface area contributed by atoms with Crippen LogP contribution in [0.15, 0.2) is 16.9 Å². The fourth-order valence-electron chi connectivity index (χ4n) is 1.62. The highest BCUT2D eigenvalue weighted by molar-refractivity contribution is 5.03. The van der Waals surface area contributed by atoms with Gasteiger partial charge in [0.15, 0.2) is 5.82 Å². The first-order chi connectivity index (χ1) is 7.86. The summed E-state index contributed by atoms with van der Waals surface area (Å²) in [6.07, 6.45) is 5.73. The van der Waals surface area contributed by atoms with Gasteiger partial charge in [-0.25, -0.2) is 4.98 Å². The Labute approximate surface area is 91.9 Å². The molecule has 2 aromatic rings. The normalized spacial score (nSPS) is 15.6. The highest BCUT2D eigenvalue weighted by atomic mass is 16.5. The second-order valence-corrected chi connectivity index (χ2v) is 3.95. The van der Waals surface area contributed by atoms with Crippen molar-refractivity contribution in [3.8, 4) is 0 Å². The first kappa shape index (κ1) is 9.53. The smallest absolute Gasteiger partial charge is 0.229 e. The minimum atomic E-state index is -0.0830. The lowest BCUT2D eigenvalue weighted by Crippen LogP contribution is -2.05. The van der Waals surface area contributed by atoms with Gasteiger partial charge >= 0.3 is 0 Å². The number of rotatable bonds is 4. The van der Waals surface area contributed by atoms with Gasteiger partial charge in [0, 0.05) is 18.3 Å². The van der Waals surface area contributed by atoms with Crippen molar-refractivity contribution in [3.05, 3.63) is 29.9 Å². The van der Waals surface area contributed by atoms with Gasteiger partial charge in [-0.1, -0.05) is 5.16 Å². The molecule has 1 aliphatic rings. The van der Waals surface area contributed by atoms with Crippen LogP contribution in [0.4, 0.5) is 0 Å². The van der Waals surface area contributed by atoms with E-state index in [2.05, 4.69) is 15.1 Å². The first-order valence-corrected chi connectivity index (χ1v) is 5.30. The molecule has 0 aromatic carbocycles. The zero-order valence-corrected chi connectivity index (χ0v) is 8.70. The van der Waals surface area contributed by atoms with Crippen LogP contribution in [0, 0.1) is 0 Å². The number of aliphatic hydroxyl groups excluding tert-OH is 1. The monoisotopic (exact) mass is 220 g/mol. The van der Waals surface area contributed by atoms with Crippen LogP contribution in [0.5, 0.6) is 0 Å². The highest BCUT2D eigenvalue weighted by Gasteiger charge is 2.29. The molecular weight excluding hydrogens is 208 g/mol. The van der Waals surface area contributed by atoms with Crippen molar-refractivity contribution >= 4 is 0 Å².